The maximum absolute atomic E-state index is 5.87. The quantitative estimate of drug-likeness (QED) is 0.884. The molecule has 0 fully saturated rings. The summed E-state index contributed by atoms with van der Waals surface area (Å²) in [6, 6.07) is 7.82. The van der Waals surface area contributed by atoms with Crippen molar-refractivity contribution in [3.8, 4) is 5.75 Å². The molecule has 3 nitrogen and oxygen atoms in total. The molecule has 0 amide bonds. The first-order valence-corrected chi connectivity index (χ1v) is 6.01. The number of ether oxygens (including phenoxy) is 1. The Hall–Kier alpha value is -1.39. The lowest BCUT2D eigenvalue weighted by Gasteiger charge is -2.12. The summed E-state index contributed by atoms with van der Waals surface area (Å²) < 4.78 is 5.71. The molecule has 2 aromatic rings. The minimum absolute atomic E-state index is 0.0208. The van der Waals surface area contributed by atoms with E-state index in [0.29, 0.717) is 6.61 Å². The molecule has 0 aliphatic carbocycles. The van der Waals surface area contributed by atoms with Crippen LogP contribution in [0.4, 0.5) is 0 Å². The Labute approximate surface area is 98.9 Å². The number of hydrogen-bond acceptors (Lipinski definition) is 4. The second-order valence-corrected chi connectivity index (χ2v) is 4.52. The summed E-state index contributed by atoms with van der Waals surface area (Å²) in [7, 11) is 0. The number of aromatic nitrogens is 1. The second kappa shape index (κ2) is 5.09. The van der Waals surface area contributed by atoms with Crippen molar-refractivity contribution in [3.05, 3.63) is 46.4 Å². The molecule has 0 saturated heterocycles. The van der Waals surface area contributed by atoms with Crippen LogP contribution in [0.2, 0.25) is 0 Å². The summed E-state index contributed by atoms with van der Waals surface area (Å²) in [5.74, 6) is 0.840. The number of thiazole rings is 1. The molecule has 0 radical (unpaired) electrons. The number of rotatable bonds is 4. The molecule has 2 N–H and O–H groups in total. The van der Waals surface area contributed by atoms with Crippen LogP contribution in [-0.4, -0.2) is 4.98 Å². The van der Waals surface area contributed by atoms with Crippen LogP contribution in [0.1, 0.15) is 23.5 Å². The molecule has 0 spiro atoms. The molecule has 1 aromatic heterocycles. The van der Waals surface area contributed by atoms with Gasteiger partial charge in [0, 0.05) is 23.2 Å². The van der Waals surface area contributed by atoms with Gasteiger partial charge < -0.3 is 10.5 Å². The van der Waals surface area contributed by atoms with Crippen molar-refractivity contribution in [1.29, 1.82) is 0 Å². The summed E-state index contributed by atoms with van der Waals surface area (Å²) in [6.45, 7) is 2.45. The molecule has 1 atom stereocenters. The topological polar surface area (TPSA) is 48.1 Å². The van der Waals surface area contributed by atoms with Gasteiger partial charge in [0.1, 0.15) is 17.4 Å². The van der Waals surface area contributed by atoms with Crippen LogP contribution < -0.4 is 10.5 Å². The van der Waals surface area contributed by atoms with Crippen LogP contribution in [0.15, 0.2) is 35.8 Å². The summed E-state index contributed by atoms with van der Waals surface area (Å²) in [5, 5.41) is 2.91. The van der Waals surface area contributed by atoms with Gasteiger partial charge in [0.05, 0.1) is 0 Å². The minimum Gasteiger partial charge on any atom is -0.486 e. The zero-order chi connectivity index (χ0) is 11.4. The van der Waals surface area contributed by atoms with Crippen LogP contribution in [-0.2, 0) is 6.61 Å². The normalized spacial score (nSPS) is 12.4. The molecule has 1 heterocycles. The monoisotopic (exact) mass is 234 g/mol. The molecule has 0 aliphatic rings. The number of hydrogen-bond donors (Lipinski definition) is 1. The van der Waals surface area contributed by atoms with Gasteiger partial charge in [-0.3, -0.25) is 0 Å². The lowest BCUT2D eigenvalue weighted by atomic mass is 10.1. The van der Waals surface area contributed by atoms with Crippen molar-refractivity contribution in [2.24, 2.45) is 5.73 Å². The molecule has 2 rings (SSSR count). The van der Waals surface area contributed by atoms with Crippen molar-refractivity contribution < 1.29 is 4.74 Å². The molecule has 1 aromatic carbocycles. The highest BCUT2D eigenvalue weighted by Gasteiger charge is 2.07. The van der Waals surface area contributed by atoms with E-state index in [1.54, 1.807) is 17.5 Å². The van der Waals surface area contributed by atoms with Crippen molar-refractivity contribution in [2.45, 2.75) is 19.6 Å². The number of nitrogens with two attached hydrogens (primary N) is 1. The van der Waals surface area contributed by atoms with E-state index in [-0.39, 0.29) is 6.04 Å². The molecule has 4 heteroatoms. The third-order valence-electron chi connectivity index (χ3n) is 2.24. The summed E-state index contributed by atoms with van der Waals surface area (Å²) in [4.78, 5) is 4.17. The fraction of sp³-hybridized carbons (Fsp3) is 0.250. The number of para-hydroxylation sites is 1. The van der Waals surface area contributed by atoms with Crippen molar-refractivity contribution in [1.82, 2.24) is 4.98 Å². The zero-order valence-corrected chi connectivity index (χ0v) is 9.91. The highest BCUT2D eigenvalue weighted by Crippen LogP contribution is 2.24. The van der Waals surface area contributed by atoms with Gasteiger partial charge in [0.25, 0.3) is 0 Å². The smallest absolute Gasteiger partial charge is 0.140 e. The van der Waals surface area contributed by atoms with Gasteiger partial charge in [0.2, 0.25) is 0 Å². The Morgan fingerprint density at radius 2 is 2.25 bits per heavy atom. The van der Waals surface area contributed by atoms with Crippen molar-refractivity contribution in [3.63, 3.8) is 0 Å². The fourth-order valence-electron chi connectivity index (χ4n) is 1.45. The van der Waals surface area contributed by atoms with Crippen LogP contribution in [0.5, 0.6) is 5.75 Å². The number of benzene rings is 1. The molecular weight excluding hydrogens is 220 g/mol. The van der Waals surface area contributed by atoms with Crippen LogP contribution in [0.3, 0.4) is 0 Å². The minimum atomic E-state index is -0.0208. The average Bonchev–Trinajstić information content (AvgIpc) is 2.79. The van der Waals surface area contributed by atoms with Crippen molar-refractivity contribution in [2.75, 3.05) is 0 Å². The highest BCUT2D eigenvalue weighted by molar-refractivity contribution is 7.09. The third kappa shape index (κ3) is 2.59. The Kier molecular flexibility index (Phi) is 3.54. The van der Waals surface area contributed by atoms with E-state index >= 15 is 0 Å². The first kappa shape index (κ1) is 11.1. The lowest BCUT2D eigenvalue weighted by Crippen LogP contribution is -2.07. The zero-order valence-electron chi connectivity index (χ0n) is 9.09. The van der Waals surface area contributed by atoms with Gasteiger partial charge in [-0.2, -0.15) is 0 Å². The summed E-state index contributed by atoms with van der Waals surface area (Å²) in [6.07, 6.45) is 1.78. The molecule has 16 heavy (non-hydrogen) atoms. The van der Waals surface area contributed by atoms with Gasteiger partial charge in [0.15, 0.2) is 0 Å². The molecule has 0 saturated carbocycles. The van der Waals surface area contributed by atoms with Crippen LogP contribution in [0.25, 0.3) is 0 Å². The third-order valence-corrected chi connectivity index (χ3v) is 3.00. The van der Waals surface area contributed by atoms with E-state index < -0.39 is 0 Å². The maximum Gasteiger partial charge on any atom is 0.140 e. The Bertz CT molecular complexity index is 440. The summed E-state index contributed by atoms with van der Waals surface area (Å²) in [5.41, 5.74) is 6.90. The Morgan fingerprint density at radius 1 is 1.44 bits per heavy atom. The fourth-order valence-corrected chi connectivity index (χ4v) is 1.98. The first-order chi connectivity index (χ1) is 7.77. The highest BCUT2D eigenvalue weighted by atomic mass is 32.1. The number of nitrogens with zero attached hydrogens (tertiary/aromatic N) is 1. The predicted molar refractivity (Wildman–Crippen MR) is 65.5 cm³/mol. The second-order valence-electron chi connectivity index (χ2n) is 3.54. The largest absolute Gasteiger partial charge is 0.486 e. The molecule has 0 bridgehead atoms. The van der Waals surface area contributed by atoms with Gasteiger partial charge in [-0.15, -0.1) is 11.3 Å². The van der Waals surface area contributed by atoms with Gasteiger partial charge in [-0.05, 0) is 13.0 Å². The van der Waals surface area contributed by atoms with E-state index in [1.165, 1.54) is 0 Å². The standard InChI is InChI=1S/C12H14N2OS/c1-9(13)10-4-2-3-5-11(10)15-8-12-14-6-7-16-12/h2-7,9H,8,13H2,1H3. The Balaban J connectivity index is 2.09. The van der Waals surface area contributed by atoms with Gasteiger partial charge >= 0.3 is 0 Å². The summed E-state index contributed by atoms with van der Waals surface area (Å²) >= 11 is 1.59. The molecular formula is C12H14N2OS. The molecule has 0 aliphatic heterocycles. The van der Waals surface area contributed by atoms with E-state index in [0.717, 1.165) is 16.3 Å². The lowest BCUT2D eigenvalue weighted by molar-refractivity contribution is 0.301. The maximum atomic E-state index is 5.87. The van der Waals surface area contributed by atoms with Crippen LogP contribution in [0, 0.1) is 0 Å². The van der Waals surface area contributed by atoms with E-state index in [1.807, 2.05) is 36.6 Å². The first-order valence-electron chi connectivity index (χ1n) is 5.13. The molecule has 1 unspecified atom stereocenters. The van der Waals surface area contributed by atoms with Crippen molar-refractivity contribution >= 4 is 11.3 Å². The van der Waals surface area contributed by atoms with E-state index in [4.69, 9.17) is 10.5 Å². The van der Waals surface area contributed by atoms with Crippen LogP contribution >= 0.6 is 11.3 Å². The Morgan fingerprint density at radius 3 is 2.94 bits per heavy atom. The predicted octanol–water partition coefficient (Wildman–Crippen LogP) is 2.74. The molecule has 84 valence electrons. The van der Waals surface area contributed by atoms with E-state index in [2.05, 4.69) is 4.98 Å². The van der Waals surface area contributed by atoms with Gasteiger partial charge in [-0.1, -0.05) is 18.2 Å². The SMILES string of the molecule is CC(N)c1ccccc1OCc1nccs1. The average molecular weight is 234 g/mol. The van der Waals surface area contributed by atoms with Gasteiger partial charge in [-0.25, -0.2) is 4.98 Å². The van der Waals surface area contributed by atoms with E-state index in [9.17, 15) is 0 Å².